The molecule has 6 nitrogen and oxygen atoms in total. The first-order valence-electron chi connectivity index (χ1n) is 18.6. The monoisotopic (exact) mass is 649 g/mol. The molecule has 3 saturated carbocycles. The van der Waals surface area contributed by atoms with Crippen LogP contribution in [0, 0.1) is 46.3 Å². The molecule has 3 fully saturated rings. The van der Waals surface area contributed by atoms with Crippen molar-refractivity contribution in [2.45, 2.75) is 132 Å². The summed E-state index contributed by atoms with van der Waals surface area (Å²) in [7, 11) is 0. The molecule has 264 valence electrons. The van der Waals surface area contributed by atoms with E-state index < -0.39 is 0 Å². The van der Waals surface area contributed by atoms with E-state index in [0.29, 0.717) is 33.7 Å². The zero-order chi connectivity index (χ0) is 35.1. The lowest BCUT2D eigenvalue weighted by atomic mass is 9.47. The zero-order valence-corrected chi connectivity index (χ0v) is 31.0. The SMILES string of the molecule is C=C(N)/C=C(\C)N.CC.CC(C)CCCC(C)C1CCC2C3CC=C4CC(OC(=O)c5cc(N)cc(N)c5)CCC4(C)C3CCC12C. The number of hydrogen-bond acceptors (Lipinski definition) is 6. The molecule has 0 amide bonds. The number of hydrogen-bond donors (Lipinski definition) is 4. The van der Waals surface area contributed by atoms with Gasteiger partial charge >= 0.3 is 5.97 Å². The third-order valence-corrected chi connectivity index (χ3v) is 12.2. The minimum absolute atomic E-state index is 0.0579. The van der Waals surface area contributed by atoms with E-state index in [9.17, 15) is 4.79 Å². The van der Waals surface area contributed by atoms with Gasteiger partial charge in [-0.2, -0.15) is 0 Å². The van der Waals surface area contributed by atoms with E-state index in [2.05, 4.69) is 47.3 Å². The number of benzene rings is 1. The fourth-order valence-corrected chi connectivity index (χ4v) is 10.1. The van der Waals surface area contributed by atoms with E-state index in [4.69, 9.17) is 27.7 Å². The number of ether oxygens (including phenoxy) is 1. The second kappa shape index (κ2) is 16.5. The molecule has 4 aliphatic rings. The van der Waals surface area contributed by atoms with Crippen molar-refractivity contribution in [2.24, 2.45) is 57.8 Å². The van der Waals surface area contributed by atoms with Gasteiger partial charge in [-0.25, -0.2) is 4.79 Å². The molecule has 1 aromatic rings. The van der Waals surface area contributed by atoms with Gasteiger partial charge in [0.05, 0.1) is 5.56 Å². The number of nitrogen functional groups attached to an aromatic ring is 2. The highest BCUT2D eigenvalue weighted by molar-refractivity contribution is 5.91. The Morgan fingerprint density at radius 2 is 1.64 bits per heavy atom. The highest BCUT2D eigenvalue weighted by atomic mass is 16.5. The summed E-state index contributed by atoms with van der Waals surface area (Å²) in [5, 5.41) is 0. The van der Waals surface area contributed by atoms with Crippen molar-refractivity contribution in [2.75, 3.05) is 11.5 Å². The predicted octanol–water partition coefficient (Wildman–Crippen LogP) is 9.77. The smallest absolute Gasteiger partial charge is 0.338 e. The quantitative estimate of drug-likeness (QED) is 0.0961. The molecule has 0 spiro atoms. The van der Waals surface area contributed by atoms with Gasteiger partial charge in [0.25, 0.3) is 0 Å². The van der Waals surface area contributed by atoms with Crippen molar-refractivity contribution in [3.63, 3.8) is 0 Å². The average Bonchev–Trinajstić information content (AvgIpc) is 3.34. The van der Waals surface area contributed by atoms with Crippen LogP contribution in [0.25, 0.3) is 0 Å². The van der Waals surface area contributed by atoms with E-state index in [-0.39, 0.29) is 17.5 Å². The Kier molecular flexibility index (Phi) is 13.5. The van der Waals surface area contributed by atoms with Crippen molar-refractivity contribution in [1.29, 1.82) is 0 Å². The van der Waals surface area contributed by atoms with E-state index in [1.54, 1.807) is 36.8 Å². The van der Waals surface area contributed by atoms with Gasteiger partial charge in [-0.1, -0.05) is 86.0 Å². The van der Waals surface area contributed by atoms with Crippen LogP contribution in [0.1, 0.15) is 136 Å². The van der Waals surface area contributed by atoms with Crippen LogP contribution in [0.5, 0.6) is 0 Å². The lowest BCUT2D eigenvalue weighted by Crippen LogP contribution is -2.51. The lowest BCUT2D eigenvalue weighted by Gasteiger charge is -2.58. The molecule has 8 N–H and O–H groups in total. The maximum absolute atomic E-state index is 12.9. The Balaban J connectivity index is 0.000000593. The Hall–Kier alpha value is -2.89. The molecular weight excluding hydrogens is 580 g/mol. The number of anilines is 2. The number of allylic oxidation sites excluding steroid dienone is 3. The number of carbonyl (C=O) groups excluding carboxylic acids is 1. The number of fused-ring (bicyclic) bond motifs is 5. The fourth-order valence-electron chi connectivity index (χ4n) is 10.1. The normalized spacial score (nSPS) is 31.8. The van der Waals surface area contributed by atoms with Crippen LogP contribution in [0.4, 0.5) is 11.4 Å². The molecular formula is C41H68N4O2. The Labute approximate surface area is 287 Å². The van der Waals surface area contributed by atoms with Crippen LogP contribution in [0.15, 0.2) is 53.9 Å². The summed E-state index contributed by atoms with van der Waals surface area (Å²) >= 11 is 0. The summed E-state index contributed by atoms with van der Waals surface area (Å²) in [4.78, 5) is 12.9. The molecule has 8 atom stereocenters. The second-order valence-electron chi connectivity index (χ2n) is 15.9. The van der Waals surface area contributed by atoms with Crippen LogP contribution in [0.2, 0.25) is 0 Å². The molecule has 0 aromatic heterocycles. The maximum Gasteiger partial charge on any atom is 0.338 e. The van der Waals surface area contributed by atoms with Gasteiger partial charge < -0.3 is 27.7 Å². The van der Waals surface area contributed by atoms with Gasteiger partial charge in [-0.3, -0.25) is 0 Å². The molecule has 1 aromatic carbocycles. The molecule has 4 aliphatic carbocycles. The van der Waals surface area contributed by atoms with Crippen LogP contribution < -0.4 is 22.9 Å². The maximum atomic E-state index is 12.9. The number of nitrogens with two attached hydrogens (primary N) is 4. The minimum Gasteiger partial charge on any atom is -0.458 e. The van der Waals surface area contributed by atoms with E-state index >= 15 is 0 Å². The third-order valence-electron chi connectivity index (χ3n) is 12.2. The van der Waals surface area contributed by atoms with E-state index in [0.717, 1.165) is 54.8 Å². The Morgan fingerprint density at radius 1 is 0.979 bits per heavy atom. The Morgan fingerprint density at radius 3 is 2.21 bits per heavy atom. The van der Waals surface area contributed by atoms with Crippen LogP contribution in [-0.4, -0.2) is 12.1 Å². The largest absolute Gasteiger partial charge is 0.458 e. The standard InChI is InChI=1S/C34H52N2O2.C5H10N2.C2H6/c1-21(2)7-6-8-22(3)29-11-12-30-28-10-9-24-19-27(38-32(37)23-17-25(35)20-26(36)18-23)13-15-33(24,4)31(28)14-16-34(29,30)5;1-4(6)3-5(2)7;1-2/h9,17-18,20-22,27-31H,6-8,10-16,19,35-36H2,1-5H3;3H,1,6-7H2,2H3;1-2H3/b;5-3+;. The molecule has 0 aliphatic heterocycles. The number of rotatable bonds is 8. The second-order valence-corrected chi connectivity index (χ2v) is 15.9. The van der Waals surface area contributed by atoms with Gasteiger partial charge in [0.15, 0.2) is 0 Å². The summed E-state index contributed by atoms with van der Waals surface area (Å²) in [6.45, 7) is 21.7. The zero-order valence-electron chi connectivity index (χ0n) is 31.0. The van der Waals surface area contributed by atoms with E-state index in [1.807, 2.05) is 13.8 Å². The average molecular weight is 649 g/mol. The predicted molar refractivity (Wildman–Crippen MR) is 200 cm³/mol. The summed E-state index contributed by atoms with van der Waals surface area (Å²) in [5.41, 5.74) is 27.1. The molecule has 0 saturated heterocycles. The molecule has 5 rings (SSSR count). The molecule has 0 bridgehead atoms. The fraction of sp³-hybridized carbons (Fsp3) is 0.683. The first-order chi connectivity index (χ1) is 22.1. The Bertz CT molecular complexity index is 1260. The van der Waals surface area contributed by atoms with Crippen molar-refractivity contribution in [3.05, 3.63) is 59.5 Å². The highest BCUT2D eigenvalue weighted by Crippen LogP contribution is 2.67. The first-order valence-corrected chi connectivity index (χ1v) is 18.6. The lowest BCUT2D eigenvalue weighted by molar-refractivity contribution is -0.0594. The summed E-state index contributed by atoms with van der Waals surface area (Å²) in [6, 6.07) is 4.99. The molecule has 6 heteroatoms. The van der Waals surface area contributed by atoms with Gasteiger partial charge in [-0.05, 0) is 122 Å². The molecule has 47 heavy (non-hydrogen) atoms. The molecule has 8 unspecified atom stereocenters. The van der Waals surface area contributed by atoms with Gasteiger partial charge in [0.2, 0.25) is 0 Å². The summed E-state index contributed by atoms with van der Waals surface area (Å²) in [5.74, 6) is 4.74. The van der Waals surface area contributed by atoms with Gasteiger partial charge in [0, 0.05) is 29.2 Å². The summed E-state index contributed by atoms with van der Waals surface area (Å²) < 4.78 is 6.00. The molecule has 0 radical (unpaired) electrons. The van der Waals surface area contributed by atoms with Crippen molar-refractivity contribution < 1.29 is 9.53 Å². The van der Waals surface area contributed by atoms with Gasteiger partial charge in [-0.15, -0.1) is 0 Å². The van der Waals surface area contributed by atoms with E-state index in [1.165, 1.54) is 51.4 Å². The number of esters is 1. The van der Waals surface area contributed by atoms with Crippen molar-refractivity contribution in [3.8, 4) is 0 Å². The summed E-state index contributed by atoms with van der Waals surface area (Å²) in [6.07, 6.45) is 18.1. The van der Waals surface area contributed by atoms with Crippen LogP contribution >= 0.6 is 0 Å². The third kappa shape index (κ3) is 9.18. The van der Waals surface area contributed by atoms with Gasteiger partial charge in [0.1, 0.15) is 6.10 Å². The minimum atomic E-state index is -0.306. The highest BCUT2D eigenvalue weighted by Gasteiger charge is 2.59. The van der Waals surface area contributed by atoms with Crippen LogP contribution in [-0.2, 0) is 4.74 Å². The topological polar surface area (TPSA) is 130 Å². The van der Waals surface area contributed by atoms with Crippen molar-refractivity contribution in [1.82, 2.24) is 0 Å². The first kappa shape index (κ1) is 38.6. The molecule has 0 heterocycles. The van der Waals surface area contributed by atoms with Crippen molar-refractivity contribution >= 4 is 17.3 Å². The van der Waals surface area contributed by atoms with Crippen LogP contribution in [0.3, 0.4) is 0 Å². The number of carbonyl (C=O) groups is 1.